The molecular weight excluding hydrogens is 166 g/mol. The van der Waals surface area contributed by atoms with Crippen LogP contribution in [0.4, 0.5) is 0 Å². The summed E-state index contributed by atoms with van der Waals surface area (Å²) in [4.78, 5) is 12.9. The predicted octanol–water partition coefficient (Wildman–Crippen LogP) is -0.208. The van der Waals surface area contributed by atoms with Gasteiger partial charge >= 0.3 is 0 Å². The molecule has 0 radical (unpaired) electrons. The Kier molecular flexibility index (Phi) is 6.54. The number of nitrogens with zero attached hydrogens (tertiary/aromatic N) is 1. The number of hydrogen-bond donors (Lipinski definition) is 2. The lowest BCUT2D eigenvalue weighted by atomic mass is 10.1. The van der Waals surface area contributed by atoms with Crippen LogP contribution in [0.3, 0.4) is 0 Å². The number of nitrogens with one attached hydrogen (secondary N) is 1. The Morgan fingerprint density at radius 2 is 2.08 bits per heavy atom. The highest BCUT2D eigenvalue weighted by atomic mass is 16.1. The highest BCUT2D eigenvalue weighted by Gasteiger charge is 2.10. The van der Waals surface area contributed by atoms with E-state index in [0.717, 1.165) is 25.8 Å². The lowest BCUT2D eigenvalue weighted by Gasteiger charge is -2.13. The van der Waals surface area contributed by atoms with E-state index in [1.807, 2.05) is 14.1 Å². The second-order valence-electron chi connectivity index (χ2n) is 3.54. The molecule has 1 atom stereocenters. The van der Waals surface area contributed by atoms with Crippen LogP contribution in [-0.4, -0.2) is 44.5 Å². The van der Waals surface area contributed by atoms with E-state index in [2.05, 4.69) is 10.2 Å². The molecule has 78 valence electrons. The van der Waals surface area contributed by atoms with Gasteiger partial charge in [-0.2, -0.15) is 0 Å². The minimum atomic E-state index is -0.257. The van der Waals surface area contributed by atoms with Gasteiger partial charge in [0.05, 0.1) is 6.04 Å². The third-order valence-corrected chi connectivity index (χ3v) is 2.04. The van der Waals surface area contributed by atoms with Crippen LogP contribution in [0, 0.1) is 0 Å². The van der Waals surface area contributed by atoms with E-state index in [1.165, 1.54) is 0 Å². The predicted molar refractivity (Wildman–Crippen MR) is 54.4 cm³/mol. The molecule has 0 aliphatic rings. The number of nitrogens with two attached hydrogens (primary N) is 1. The SMILES string of the molecule is CNC(CCCCN(C)C)C(N)=O. The summed E-state index contributed by atoms with van der Waals surface area (Å²) in [6.45, 7) is 1.06. The van der Waals surface area contributed by atoms with E-state index in [4.69, 9.17) is 5.73 Å². The molecule has 0 spiro atoms. The van der Waals surface area contributed by atoms with E-state index in [9.17, 15) is 4.79 Å². The highest BCUT2D eigenvalue weighted by molar-refractivity contribution is 5.79. The molecule has 0 bridgehead atoms. The fourth-order valence-corrected chi connectivity index (χ4v) is 1.21. The van der Waals surface area contributed by atoms with Crippen molar-refractivity contribution in [2.45, 2.75) is 25.3 Å². The topological polar surface area (TPSA) is 58.4 Å². The van der Waals surface area contributed by atoms with Gasteiger partial charge in [-0.3, -0.25) is 4.79 Å². The van der Waals surface area contributed by atoms with Gasteiger partial charge < -0.3 is 16.0 Å². The first-order chi connectivity index (χ1) is 6.07. The number of rotatable bonds is 7. The monoisotopic (exact) mass is 187 g/mol. The number of hydrogen-bond acceptors (Lipinski definition) is 3. The summed E-state index contributed by atoms with van der Waals surface area (Å²) in [5.74, 6) is -0.257. The lowest BCUT2D eigenvalue weighted by molar-refractivity contribution is -0.120. The van der Waals surface area contributed by atoms with Crippen LogP contribution in [-0.2, 0) is 4.79 Å². The van der Waals surface area contributed by atoms with Crippen molar-refractivity contribution in [3.8, 4) is 0 Å². The molecular formula is C9H21N3O. The molecule has 4 heteroatoms. The maximum absolute atomic E-state index is 10.8. The number of primary amides is 1. The molecule has 0 rings (SSSR count). The van der Waals surface area contributed by atoms with E-state index in [0.29, 0.717) is 0 Å². The fraction of sp³-hybridized carbons (Fsp3) is 0.889. The van der Waals surface area contributed by atoms with Crippen molar-refractivity contribution in [3.05, 3.63) is 0 Å². The first-order valence-electron chi connectivity index (χ1n) is 4.69. The Morgan fingerprint density at radius 3 is 2.46 bits per heavy atom. The average Bonchev–Trinajstić information content (AvgIpc) is 2.03. The first kappa shape index (κ1) is 12.4. The largest absolute Gasteiger partial charge is 0.368 e. The second kappa shape index (κ2) is 6.86. The molecule has 0 heterocycles. The Balaban J connectivity index is 3.44. The van der Waals surface area contributed by atoms with Crippen LogP contribution in [0.1, 0.15) is 19.3 Å². The van der Waals surface area contributed by atoms with Crippen LogP contribution >= 0.6 is 0 Å². The first-order valence-corrected chi connectivity index (χ1v) is 4.69. The van der Waals surface area contributed by atoms with Gasteiger partial charge in [-0.15, -0.1) is 0 Å². The molecule has 0 aliphatic heterocycles. The summed E-state index contributed by atoms with van der Waals surface area (Å²) in [6.07, 6.45) is 2.98. The number of unbranched alkanes of at least 4 members (excludes halogenated alkanes) is 1. The average molecular weight is 187 g/mol. The molecule has 13 heavy (non-hydrogen) atoms. The second-order valence-corrected chi connectivity index (χ2v) is 3.54. The Labute approximate surface area is 80.5 Å². The van der Waals surface area contributed by atoms with Gasteiger partial charge in [0, 0.05) is 0 Å². The number of carbonyl (C=O) groups excluding carboxylic acids is 1. The molecule has 0 fully saturated rings. The van der Waals surface area contributed by atoms with E-state index in [-0.39, 0.29) is 11.9 Å². The summed E-state index contributed by atoms with van der Waals surface area (Å²) >= 11 is 0. The third-order valence-electron chi connectivity index (χ3n) is 2.04. The van der Waals surface area contributed by atoms with E-state index < -0.39 is 0 Å². The molecule has 3 N–H and O–H groups in total. The van der Waals surface area contributed by atoms with Crippen molar-refractivity contribution in [1.29, 1.82) is 0 Å². The van der Waals surface area contributed by atoms with Crippen molar-refractivity contribution < 1.29 is 4.79 Å². The van der Waals surface area contributed by atoms with Crippen LogP contribution in [0.25, 0.3) is 0 Å². The molecule has 0 aromatic rings. The molecule has 0 aromatic carbocycles. The number of amides is 1. The zero-order chi connectivity index (χ0) is 10.3. The van der Waals surface area contributed by atoms with Gasteiger partial charge in [0.15, 0.2) is 0 Å². The highest BCUT2D eigenvalue weighted by Crippen LogP contribution is 2.00. The normalized spacial score (nSPS) is 13.2. The number of carbonyl (C=O) groups is 1. The summed E-state index contributed by atoms with van der Waals surface area (Å²) in [5.41, 5.74) is 5.18. The van der Waals surface area contributed by atoms with Crippen LogP contribution in [0.5, 0.6) is 0 Å². The maximum Gasteiger partial charge on any atom is 0.234 e. The standard InChI is InChI=1S/C9H21N3O/c1-11-8(9(10)13)6-4-5-7-12(2)3/h8,11H,4-7H2,1-3H3,(H2,10,13). The maximum atomic E-state index is 10.8. The molecule has 0 saturated carbocycles. The van der Waals surface area contributed by atoms with Crippen molar-refractivity contribution >= 4 is 5.91 Å². The van der Waals surface area contributed by atoms with Crippen molar-refractivity contribution in [3.63, 3.8) is 0 Å². The van der Waals surface area contributed by atoms with Gasteiger partial charge in [-0.1, -0.05) is 6.42 Å². The van der Waals surface area contributed by atoms with E-state index in [1.54, 1.807) is 7.05 Å². The molecule has 4 nitrogen and oxygen atoms in total. The van der Waals surface area contributed by atoms with Crippen LogP contribution in [0.2, 0.25) is 0 Å². The Bertz CT molecular complexity index is 148. The van der Waals surface area contributed by atoms with Crippen molar-refractivity contribution in [1.82, 2.24) is 10.2 Å². The van der Waals surface area contributed by atoms with Crippen LogP contribution < -0.4 is 11.1 Å². The minimum Gasteiger partial charge on any atom is -0.368 e. The molecule has 1 unspecified atom stereocenters. The van der Waals surface area contributed by atoms with E-state index >= 15 is 0 Å². The molecule has 0 saturated heterocycles. The summed E-state index contributed by atoms with van der Waals surface area (Å²) in [6, 6.07) is -0.165. The summed E-state index contributed by atoms with van der Waals surface area (Å²) in [7, 11) is 5.86. The molecule has 0 aliphatic carbocycles. The summed E-state index contributed by atoms with van der Waals surface area (Å²) < 4.78 is 0. The van der Waals surface area contributed by atoms with Gasteiger partial charge in [0.2, 0.25) is 5.91 Å². The molecule has 0 aromatic heterocycles. The minimum absolute atomic E-state index is 0.165. The van der Waals surface area contributed by atoms with Gasteiger partial charge in [0.1, 0.15) is 0 Å². The Morgan fingerprint density at radius 1 is 1.46 bits per heavy atom. The van der Waals surface area contributed by atoms with Gasteiger partial charge in [-0.25, -0.2) is 0 Å². The lowest BCUT2D eigenvalue weighted by Crippen LogP contribution is -2.39. The Hall–Kier alpha value is -0.610. The van der Waals surface area contributed by atoms with Gasteiger partial charge in [-0.05, 0) is 40.5 Å². The smallest absolute Gasteiger partial charge is 0.234 e. The van der Waals surface area contributed by atoms with Crippen molar-refractivity contribution in [2.24, 2.45) is 5.73 Å². The zero-order valence-electron chi connectivity index (χ0n) is 8.84. The molecule has 1 amide bonds. The number of likely N-dealkylation sites (N-methyl/N-ethyl adjacent to an activating group) is 1. The van der Waals surface area contributed by atoms with Gasteiger partial charge in [0.25, 0.3) is 0 Å². The van der Waals surface area contributed by atoms with Crippen LogP contribution in [0.15, 0.2) is 0 Å². The fourth-order valence-electron chi connectivity index (χ4n) is 1.21. The summed E-state index contributed by atoms with van der Waals surface area (Å²) in [5, 5.41) is 2.90. The van der Waals surface area contributed by atoms with Crippen molar-refractivity contribution in [2.75, 3.05) is 27.7 Å². The quantitative estimate of drug-likeness (QED) is 0.542. The zero-order valence-corrected chi connectivity index (χ0v) is 8.84. The third kappa shape index (κ3) is 6.54.